The monoisotopic (exact) mass is 229 g/mol. The van der Waals surface area contributed by atoms with Crippen molar-refractivity contribution in [3.05, 3.63) is 53.9 Å². The molecule has 90 valence electrons. The van der Waals surface area contributed by atoms with Gasteiger partial charge in [0.1, 0.15) is 0 Å². The summed E-state index contributed by atoms with van der Waals surface area (Å²) in [7, 11) is 1.99. The van der Waals surface area contributed by atoms with Crippen molar-refractivity contribution in [2.75, 3.05) is 7.05 Å². The molecular weight excluding hydrogens is 210 g/mol. The quantitative estimate of drug-likeness (QED) is 0.853. The summed E-state index contributed by atoms with van der Waals surface area (Å²) in [6, 6.07) is 11.0. The van der Waals surface area contributed by atoms with E-state index in [0.29, 0.717) is 6.04 Å². The SMILES string of the molecule is CCc1ccc(C(Cn2cccn2)NC)cc1. The van der Waals surface area contributed by atoms with Crippen LogP contribution in [-0.2, 0) is 13.0 Å². The molecule has 0 saturated heterocycles. The van der Waals surface area contributed by atoms with Gasteiger partial charge in [0.05, 0.1) is 12.6 Å². The first-order chi connectivity index (χ1) is 8.33. The summed E-state index contributed by atoms with van der Waals surface area (Å²) in [6.07, 6.45) is 4.89. The van der Waals surface area contributed by atoms with Crippen LogP contribution in [0.25, 0.3) is 0 Å². The first-order valence-corrected chi connectivity index (χ1v) is 6.07. The predicted octanol–water partition coefficient (Wildman–Crippen LogP) is 2.41. The number of benzene rings is 1. The van der Waals surface area contributed by atoms with Gasteiger partial charge in [-0.2, -0.15) is 5.10 Å². The fourth-order valence-electron chi connectivity index (χ4n) is 1.94. The number of likely N-dealkylation sites (N-methyl/N-ethyl adjacent to an activating group) is 1. The molecule has 0 radical (unpaired) electrons. The highest BCUT2D eigenvalue weighted by molar-refractivity contribution is 5.25. The number of nitrogens with zero attached hydrogens (tertiary/aromatic N) is 2. The van der Waals surface area contributed by atoms with Gasteiger partial charge in [-0.3, -0.25) is 4.68 Å². The minimum absolute atomic E-state index is 0.306. The maximum atomic E-state index is 4.24. The minimum Gasteiger partial charge on any atom is -0.311 e. The predicted molar refractivity (Wildman–Crippen MR) is 69.8 cm³/mol. The summed E-state index contributed by atoms with van der Waals surface area (Å²) >= 11 is 0. The van der Waals surface area contributed by atoms with E-state index in [1.807, 2.05) is 30.2 Å². The lowest BCUT2D eigenvalue weighted by Gasteiger charge is -2.17. The van der Waals surface area contributed by atoms with Crippen LogP contribution in [0, 0.1) is 0 Å². The Morgan fingerprint density at radius 2 is 2.06 bits per heavy atom. The highest BCUT2D eigenvalue weighted by Crippen LogP contribution is 2.15. The van der Waals surface area contributed by atoms with Crippen LogP contribution in [0.15, 0.2) is 42.7 Å². The number of aromatic nitrogens is 2. The van der Waals surface area contributed by atoms with E-state index in [9.17, 15) is 0 Å². The van der Waals surface area contributed by atoms with E-state index < -0.39 is 0 Å². The second kappa shape index (κ2) is 5.64. The Balaban J connectivity index is 2.11. The maximum Gasteiger partial charge on any atom is 0.0604 e. The molecule has 0 aliphatic carbocycles. The van der Waals surface area contributed by atoms with E-state index in [1.165, 1.54) is 11.1 Å². The van der Waals surface area contributed by atoms with Crippen LogP contribution in [-0.4, -0.2) is 16.8 Å². The molecule has 0 amide bonds. The normalized spacial score (nSPS) is 12.6. The third-order valence-corrected chi connectivity index (χ3v) is 3.07. The molecule has 0 bridgehead atoms. The second-order valence-corrected chi connectivity index (χ2v) is 4.16. The first kappa shape index (κ1) is 11.9. The summed E-state index contributed by atoms with van der Waals surface area (Å²) in [5.41, 5.74) is 2.68. The summed E-state index contributed by atoms with van der Waals surface area (Å²) in [6.45, 7) is 3.03. The van der Waals surface area contributed by atoms with E-state index >= 15 is 0 Å². The molecule has 1 N–H and O–H groups in total. The zero-order valence-corrected chi connectivity index (χ0v) is 10.4. The zero-order chi connectivity index (χ0) is 12.1. The van der Waals surface area contributed by atoms with Crippen LogP contribution >= 0.6 is 0 Å². The topological polar surface area (TPSA) is 29.9 Å². The molecule has 3 nitrogen and oxygen atoms in total. The molecule has 1 atom stereocenters. The largest absolute Gasteiger partial charge is 0.311 e. The first-order valence-electron chi connectivity index (χ1n) is 6.07. The maximum absolute atomic E-state index is 4.24. The lowest BCUT2D eigenvalue weighted by Crippen LogP contribution is -2.22. The molecule has 1 aromatic heterocycles. The molecule has 0 aliphatic heterocycles. The fourth-order valence-corrected chi connectivity index (χ4v) is 1.94. The smallest absolute Gasteiger partial charge is 0.0604 e. The van der Waals surface area contributed by atoms with Crippen LogP contribution in [0.1, 0.15) is 24.1 Å². The number of hydrogen-bond donors (Lipinski definition) is 1. The average molecular weight is 229 g/mol. The minimum atomic E-state index is 0.306. The van der Waals surface area contributed by atoms with Crippen molar-refractivity contribution < 1.29 is 0 Å². The van der Waals surface area contributed by atoms with Crippen molar-refractivity contribution in [3.8, 4) is 0 Å². The lowest BCUT2D eigenvalue weighted by atomic mass is 10.0. The van der Waals surface area contributed by atoms with Gasteiger partial charge in [0.25, 0.3) is 0 Å². The Morgan fingerprint density at radius 1 is 1.29 bits per heavy atom. The molecule has 0 spiro atoms. The average Bonchev–Trinajstić information content (AvgIpc) is 2.89. The Hall–Kier alpha value is -1.61. The number of rotatable bonds is 5. The lowest BCUT2D eigenvalue weighted by molar-refractivity contribution is 0.468. The van der Waals surface area contributed by atoms with Crippen LogP contribution in [0.3, 0.4) is 0 Å². The Labute approximate surface area is 102 Å². The molecule has 17 heavy (non-hydrogen) atoms. The van der Waals surface area contributed by atoms with Gasteiger partial charge < -0.3 is 5.32 Å². The molecule has 1 heterocycles. The van der Waals surface area contributed by atoms with Gasteiger partial charge in [-0.15, -0.1) is 0 Å². The molecule has 3 heteroatoms. The van der Waals surface area contributed by atoms with E-state index in [0.717, 1.165) is 13.0 Å². The molecule has 0 saturated carbocycles. The Kier molecular flexibility index (Phi) is 3.94. The molecule has 2 aromatic rings. The third kappa shape index (κ3) is 2.94. The van der Waals surface area contributed by atoms with Crippen molar-refractivity contribution in [1.82, 2.24) is 15.1 Å². The highest BCUT2D eigenvalue weighted by Gasteiger charge is 2.09. The summed E-state index contributed by atoms with van der Waals surface area (Å²) in [4.78, 5) is 0. The van der Waals surface area contributed by atoms with Gasteiger partial charge in [-0.05, 0) is 30.7 Å². The van der Waals surface area contributed by atoms with Crippen molar-refractivity contribution >= 4 is 0 Å². The van der Waals surface area contributed by atoms with E-state index in [4.69, 9.17) is 0 Å². The molecular formula is C14H19N3. The van der Waals surface area contributed by atoms with E-state index in [1.54, 1.807) is 0 Å². The molecule has 0 aliphatic rings. The van der Waals surface area contributed by atoms with Gasteiger partial charge in [0, 0.05) is 12.4 Å². The summed E-state index contributed by atoms with van der Waals surface area (Å²) < 4.78 is 1.95. The van der Waals surface area contributed by atoms with Crippen LogP contribution in [0.5, 0.6) is 0 Å². The highest BCUT2D eigenvalue weighted by atomic mass is 15.3. The third-order valence-electron chi connectivity index (χ3n) is 3.07. The second-order valence-electron chi connectivity index (χ2n) is 4.16. The number of nitrogens with one attached hydrogen (secondary N) is 1. The fraction of sp³-hybridized carbons (Fsp3) is 0.357. The van der Waals surface area contributed by atoms with Crippen LogP contribution in [0.2, 0.25) is 0 Å². The van der Waals surface area contributed by atoms with E-state index in [2.05, 4.69) is 41.6 Å². The molecule has 2 rings (SSSR count). The summed E-state index contributed by atoms with van der Waals surface area (Å²) in [5, 5.41) is 7.57. The van der Waals surface area contributed by atoms with Gasteiger partial charge >= 0.3 is 0 Å². The van der Waals surface area contributed by atoms with Crippen molar-refractivity contribution in [2.45, 2.75) is 25.9 Å². The standard InChI is InChI=1S/C14H19N3/c1-3-12-5-7-13(8-6-12)14(15-2)11-17-10-4-9-16-17/h4-10,14-15H,3,11H2,1-2H3. The molecule has 1 aromatic carbocycles. The Morgan fingerprint density at radius 3 is 2.59 bits per heavy atom. The Bertz CT molecular complexity index is 431. The van der Waals surface area contributed by atoms with Gasteiger partial charge in [0.15, 0.2) is 0 Å². The number of hydrogen-bond acceptors (Lipinski definition) is 2. The van der Waals surface area contributed by atoms with Crippen molar-refractivity contribution in [1.29, 1.82) is 0 Å². The van der Waals surface area contributed by atoms with Crippen LogP contribution < -0.4 is 5.32 Å². The molecule has 0 fully saturated rings. The molecule has 1 unspecified atom stereocenters. The van der Waals surface area contributed by atoms with Crippen molar-refractivity contribution in [2.24, 2.45) is 0 Å². The van der Waals surface area contributed by atoms with Gasteiger partial charge in [-0.25, -0.2) is 0 Å². The van der Waals surface area contributed by atoms with Crippen molar-refractivity contribution in [3.63, 3.8) is 0 Å². The van der Waals surface area contributed by atoms with E-state index in [-0.39, 0.29) is 0 Å². The zero-order valence-electron chi connectivity index (χ0n) is 10.4. The van der Waals surface area contributed by atoms with Crippen LogP contribution in [0.4, 0.5) is 0 Å². The van der Waals surface area contributed by atoms with Gasteiger partial charge in [0.2, 0.25) is 0 Å². The number of aryl methyl sites for hydroxylation is 1. The van der Waals surface area contributed by atoms with Gasteiger partial charge in [-0.1, -0.05) is 31.2 Å². The summed E-state index contributed by atoms with van der Waals surface area (Å²) in [5.74, 6) is 0.